The van der Waals surface area contributed by atoms with Gasteiger partial charge < -0.3 is 14.8 Å². The summed E-state index contributed by atoms with van der Waals surface area (Å²) in [7, 11) is 1.23. The molecule has 0 spiro atoms. The van der Waals surface area contributed by atoms with E-state index in [2.05, 4.69) is 10.1 Å². The van der Waals surface area contributed by atoms with Crippen LogP contribution in [0.4, 0.5) is 8.78 Å². The molecule has 1 aliphatic rings. The predicted octanol–water partition coefficient (Wildman–Crippen LogP) is 2.10. The zero-order valence-electron chi connectivity index (χ0n) is 9.63. The number of rotatable bonds is 3. The maximum Gasteiger partial charge on any atom is 0.190 e. The number of hydrogen-bond donors (Lipinski definition) is 1. The van der Waals surface area contributed by atoms with Gasteiger partial charge in [-0.15, -0.1) is 0 Å². The molecule has 1 aliphatic heterocycles. The Hall–Kier alpha value is -1.36. The molecule has 17 heavy (non-hydrogen) atoms. The molecule has 0 bridgehead atoms. The molecule has 5 heteroatoms. The van der Waals surface area contributed by atoms with E-state index in [1.54, 1.807) is 0 Å². The Balaban J connectivity index is 2.10. The number of hydrogen-bond acceptors (Lipinski definition) is 3. The average Bonchev–Trinajstić information content (AvgIpc) is 2.30. The third kappa shape index (κ3) is 2.85. The Bertz CT molecular complexity index is 369. The summed E-state index contributed by atoms with van der Waals surface area (Å²) >= 11 is 0. The lowest BCUT2D eigenvalue weighted by Gasteiger charge is -2.24. The molecule has 0 amide bonds. The number of halogens is 2. The summed E-state index contributed by atoms with van der Waals surface area (Å²) in [6.45, 7) is 1.73. The molecule has 0 saturated carbocycles. The maximum atomic E-state index is 13.4. The van der Waals surface area contributed by atoms with E-state index in [1.807, 2.05) is 0 Å². The largest absolute Gasteiger partial charge is 0.491 e. The predicted molar refractivity (Wildman–Crippen MR) is 59.4 cm³/mol. The first-order valence-electron chi connectivity index (χ1n) is 5.61. The van der Waals surface area contributed by atoms with Gasteiger partial charge in [0.1, 0.15) is 11.9 Å². The van der Waals surface area contributed by atoms with E-state index in [9.17, 15) is 8.78 Å². The fourth-order valence-corrected chi connectivity index (χ4v) is 1.91. The third-order valence-electron chi connectivity index (χ3n) is 2.76. The Labute approximate surface area is 98.7 Å². The monoisotopic (exact) mass is 243 g/mol. The van der Waals surface area contributed by atoms with Crippen molar-refractivity contribution in [2.24, 2.45) is 0 Å². The lowest BCUT2D eigenvalue weighted by atomic mass is 10.1. The van der Waals surface area contributed by atoms with E-state index in [1.165, 1.54) is 7.11 Å². The summed E-state index contributed by atoms with van der Waals surface area (Å²) < 4.78 is 37.0. The Kier molecular flexibility index (Phi) is 3.78. The van der Waals surface area contributed by atoms with Gasteiger partial charge in [0.2, 0.25) is 0 Å². The van der Waals surface area contributed by atoms with Crippen LogP contribution in [0.15, 0.2) is 12.1 Å². The summed E-state index contributed by atoms with van der Waals surface area (Å²) in [4.78, 5) is 0. The van der Waals surface area contributed by atoms with Gasteiger partial charge in [0.25, 0.3) is 0 Å². The average molecular weight is 243 g/mol. The summed E-state index contributed by atoms with van der Waals surface area (Å²) in [5.74, 6) is -1.64. The molecule has 2 rings (SSSR count). The zero-order valence-corrected chi connectivity index (χ0v) is 9.63. The number of ether oxygens (including phenoxy) is 2. The topological polar surface area (TPSA) is 30.5 Å². The molecule has 94 valence electrons. The highest BCUT2D eigenvalue weighted by molar-refractivity contribution is 5.34. The van der Waals surface area contributed by atoms with Crippen LogP contribution in [0.1, 0.15) is 12.8 Å². The molecule has 1 N–H and O–H groups in total. The van der Waals surface area contributed by atoms with Gasteiger partial charge >= 0.3 is 0 Å². The second kappa shape index (κ2) is 5.31. The number of piperidine rings is 1. The van der Waals surface area contributed by atoms with Crippen LogP contribution in [0.25, 0.3) is 0 Å². The Morgan fingerprint density at radius 3 is 2.29 bits per heavy atom. The Morgan fingerprint density at radius 2 is 1.76 bits per heavy atom. The molecule has 1 fully saturated rings. The molecule has 1 heterocycles. The third-order valence-corrected chi connectivity index (χ3v) is 2.76. The molecular formula is C12H15F2NO2. The van der Waals surface area contributed by atoms with Gasteiger partial charge in [-0.05, 0) is 25.9 Å². The molecular weight excluding hydrogens is 228 g/mol. The van der Waals surface area contributed by atoms with Crippen molar-refractivity contribution < 1.29 is 18.3 Å². The van der Waals surface area contributed by atoms with E-state index in [4.69, 9.17) is 4.74 Å². The number of methoxy groups -OCH3 is 1. The van der Waals surface area contributed by atoms with Crippen molar-refractivity contribution in [3.05, 3.63) is 23.8 Å². The fourth-order valence-electron chi connectivity index (χ4n) is 1.91. The smallest absolute Gasteiger partial charge is 0.190 e. The van der Waals surface area contributed by atoms with Gasteiger partial charge in [-0.25, -0.2) is 8.78 Å². The number of nitrogens with one attached hydrogen (secondary N) is 1. The second-order valence-electron chi connectivity index (χ2n) is 3.99. The Morgan fingerprint density at radius 1 is 1.18 bits per heavy atom. The molecule has 0 radical (unpaired) electrons. The minimum atomic E-state index is -0.739. The minimum absolute atomic E-state index is 0.0171. The highest BCUT2D eigenvalue weighted by Crippen LogP contribution is 2.27. The first kappa shape index (κ1) is 12.1. The van der Waals surface area contributed by atoms with Crippen molar-refractivity contribution in [2.45, 2.75) is 18.9 Å². The molecule has 1 saturated heterocycles. The van der Waals surface area contributed by atoms with Crippen LogP contribution < -0.4 is 14.8 Å². The molecule has 1 aromatic carbocycles. The first-order valence-corrected chi connectivity index (χ1v) is 5.61. The van der Waals surface area contributed by atoms with Crippen LogP contribution in [0.2, 0.25) is 0 Å². The maximum absolute atomic E-state index is 13.4. The summed E-state index contributed by atoms with van der Waals surface area (Å²) in [6, 6.07) is 2.31. The lowest BCUT2D eigenvalue weighted by Crippen LogP contribution is -2.34. The van der Waals surface area contributed by atoms with Crippen molar-refractivity contribution in [2.75, 3.05) is 20.2 Å². The van der Waals surface area contributed by atoms with Gasteiger partial charge in [-0.2, -0.15) is 0 Å². The van der Waals surface area contributed by atoms with Crippen molar-refractivity contribution in [3.63, 3.8) is 0 Å². The van der Waals surface area contributed by atoms with Crippen molar-refractivity contribution >= 4 is 0 Å². The van der Waals surface area contributed by atoms with Crippen LogP contribution in [-0.4, -0.2) is 26.3 Å². The van der Waals surface area contributed by atoms with Gasteiger partial charge in [0, 0.05) is 12.1 Å². The van der Waals surface area contributed by atoms with Crippen molar-refractivity contribution in [1.82, 2.24) is 5.32 Å². The molecule has 0 atom stereocenters. The van der Waals surface area contributed by atoms with E-state index in [0.29, 0.717) is 0 Å². The summed E-state index contributed by atoms with van der Waals surface area (Å²) in [6.07, 6.45) is 1.70. The molecule has 1 aromatic rings. The van der Waals surface area contributed by atoms with Crippen LogP contribution in [0, 0.1) is 11.6 Å². The van der Waals surface area contributed by atoms with E-state index < -0.39 is 11.6 Å². The zero-order chi connectivity index (χ0) is 12.3. The molecule has 0 aromatic heterocycles. The van der Waals surface area contributed by atoms with E-state index in [-0.39, 0.29) is 17.6 Å². The van der Waals surface area contributed by atoms with E-state index >= 15 is 0 Å². The van der Waals surface area contributed by atoms with Gasteiger partial charge in [-0.1, -0.05) is 0 Å². The lowest BCUT2D eigenvalue weighted by molar-refractivity contribution is 0.161. The fraction of sp³-hybridized carbons (Fsp3) is 0.500. The number of benzene rings is 1. The second-order valence-corrected chi connectivity index (χ2v) is 3.99. The normalized spacial score (nSPS) is 16.9. The van der Waals surface area contributed by atoms with Gasteiger partial charge in [0.05, 0.1) is 7.11 Å². The summed E-state index contributed by atoms with van der Waals surface area (Å²) in [5, 5.41) is 3.19. The van der Waals surface area contributed by atoms with Gasteiger partial charge in [0.15, 0.2) is 17.4 Å². The van der Waals surface area contributed by atoms with E-state index in [0.717, 1.165) is 38.1 Å². The van der Waals surface area contributed by atoms with Crippen LogP contribution in [0.3, 0.4) is 0 Å². The highest BCUT2D eigenvalue weighted by atomic mass is 19.1. The van der Waals surface area contributed by atoms with Crippen LogP contribution >= 0.6 is 0 Å². The molecule has 0 aliphatic carbocycles. The minimum Gasteiger partial charge on any atom is -0.491 e. The van der Waals surface area contributed by atoms with Crippen molar-refractivity contribution in [3.8, 4) is 11.5 Å². The quantitative estimate of drug-likeness (QED) is 0.882. The van der Waals surface area contributed by atoms with Gasteiger partial charge in [-0.3, -0.25) is 0 Å². The molecule has 3 nitrogen and oxygen atoms in total. The standard InChI is InChI=1S/C12H15F2NO2/c1-16-12-10(13)6-9(7-11(12)14)17-8-2-4-15-5-3-8/h6-8,15H,2-5H2,1H3. The highest BCUT2D eigenvalue weighted by Gasteiger charge is 2.17. The SMILES string of the molecule is COc1c(F)cc(OC2CCNCC2)cc1F. The van der Waals surface area contributed by atoms with Crippen LogP contribution in [0.5, 0.6) is 11.5 Å². The first-order chi connectivity index (χ1) is 8.20. The van der Waals surface area contributed by atoms with Crippen LogP contribution in [-0.2, 0) is 0 Å². The summed E-state index contributed by atoms with van der Waals surface area (Å²) in [5.41, 5.74) is 0. The molecule has 0 unspecified atom stereocenters. The van der Waals surface area contributed by atoms with Crippen molar-refractivity contribution in [1.29, 1.82) is 0 Å².